The molecule has 1 fully saturated rings. The van der Waals surface area contributed by atoms with Crippen molar-refractivity contribution in [3.63, 3.8) is 0 Å². The van der Waals surface area contributed by atoms with Crippen LogP contribution >= 0.6 is 0 Å². The molecule has 0 radical (unpaired) electrons. The topological polar surface area (TPSA) is 101 Å². The van der Waals surface area contributed by atoms with E-state index in [-0.39, 0.29) is 41.9 Å². The smallest absolute Gasteiger partial charge is 0.250 e. The number of hydrogen-bond donors (Lipinski definition) is 0. The number of benzene rings is 1. The highest BCUT2D eigenvalue weighted by molar-refractivity contribution is 7.91. The largest absolute Gasteiger partial charge is 0.272 e. The van der Waals surface area contributed by atoms with Gasteiger partial charge in [-0.05, 0) is 17.7 Å². The minimum absolute atomic E-state index is 0.00232. The van der Waals surface area contributed by atoms with E-state index in [4.69, 9.17) is 4.84 Å². The van der Waals surface area contributed by atoms with Gasteiger partial charge in [-0.25, -0.2) is 26.2 Å². The molecule has 0 spiro atoms. The van der Waals surface area contributed by atoms with Gasteiger partial charge >= 0.3 is 0 Å². The second-order valence-electron chi connectivity index (χ2n) is 5.59. The van der Waals surface area contributed by atoms with Crippen molar-refractivity contribution in [3.8, 4) is 0 Å². The van der Waals surface area contributed by atoms with E-state index < -0.39 is 19.9 Å². The molecule has 10 heteroatoms. The number of nitrogens with zero attached hydrogens (tertiary/aromatic N) is 2. The maximum Gasteiger partial charge on any atom is 0.250 e. The zero-order valence-electron chi connectivity index (χ0n) is 13.5. The molecule has 24 heavy (non-hydrogen) atoms. The van der Waals surface area contributed by atoms with E-state index in [2.05, 4.69) is 0 Å². The van der Waals surface area contributed by atoms with Crippen LogP contribution in [0.15, 0.2) is 29.2 Å². The number of hydroxylamine groups is 2. The number of amides is 1. The van der Waals surface area contributed by atoms with Gasteiger partial charge in [0.05, 0.1) is 36.0 Å². The number of hydrogen-bond acceptors (Lipinski definition) is 6. The molecule has 0 N–H and O–H groups in total. The molecule has 2 rings (SSSR count). The Labute approximate surface area is 141 Å². The summed E-state index contributed by atoms with van der Waals surface area (Å²) in [5.41, 5.74) is 0.619. The molecule has 1 heterocycles. The van der Waals surface area contributed by atoms with E-state index in [9.17, 15) is 21.6 Å². The monoisotopic (exact) mass is 376 g/mol. The van der Waals surface area contributed by atoms with Crippen molar-refractivity contribution >= 4 is 25.8 Å². The first-order valence-corrected chi connectivity index (χ1v) is 10.5. The fraction of sp³-hybridized carbons (Fsp3) is 0.500. The number of carbonyl (C=O) groups excluding carboxylic acids is 1. The lowest BCUT2D eigenvalue weighted by Crippen LogP contribution is -2.34. The van der Waals surface area contributed by atoms with Gasteiger partial charge in [-0.15, -0.1) is 0 Å². The number of carbonyl (C=O) groups is 1. The predicted molar refractivity (Wildman–Crippen MR) is 87.3 cm³/mol. The lowest BCUT2D eigenvalue weighted by atomic mass is 10.1. The quantitative estimate of drug-likeness (QED) is 0.713. The minimum atomic E-state index is -3.51. The average molecular weight is 376 g/mol. The van der Waals surface area contributed by atoms with Crippen LogP contribution in [0.25, 0.3) is 0 Å². The Balaban J connectivity index is 2.05. The lowest BCUT2D eigenvalue weighted by Gasteiger charge is -2.18. The molecular weight excluding hydrogens is 356 g/mol. The van der Waals surface area contributed by atoms with Gasteiger partial charge < -0.3 is 0 Å². The summed E-state index contributed by atoms with van der Waals surface area (Å²) in [6, 6.07) is 5.99. The molecule has 0 bridgehead atoms. The van der Waals surface area contributed by atoms with Gasteiger partial charge in [-0.1, -0.05) is 12.1 Å². The normalized spacial score (nSPS) is 18.4. The summed E-state index contributed by atoms with van der Waals surface area (Å²) in [4.78, 5) is 17.5. The van der Waals surface area contributed by atoms with Gasteiger partial charge in [0.15, 0.2) is 9.84 Å². The maximum atomic E-state index is 12.2. The van der Waals surface area contributed by atoms with E-state index in [1.54, 1.807) is 12.1 Å². The second kappa shape index (κ2) is 7.18. The standard InChI is InChI=1S/C14H20N2O6S2/c1-15(2)24(20,21)13-5-3-12(4-6-13)11-14(17)16-7-9-23(18,19)10-8-22-16/h3-6H,7-11H2,1-2H3. The van der Waals surface area contributed by atoms with Crippen molar-refractivity contribution in [1.82, 2.24) is 9.37 Å². The van der Waals surface area contributed by atoms with Crippen LogP contribution in [-0.4, -0.2) is 70.9 Å². The number of rotatable bonds is 4. The van der Waals surface area contributed by atoms with Crippen molar-refractivity contribution in [1.29, 1.82) is 0 Å². The third-order valence-electron chi connectivity index (χ3n) is 3.58. The van der Waals surface area contributed by atoms with Crippen LogP contribution in [-0.2, 0) is 35.9 Å². The first kappa shape index (κ1) is 18.8. The second-order valence-corrected chi connectivity index (χ2v) is 10.0. The Morgan fingerprint density at radius 1 is 1.21 bits per heavy atom. The van der Waals surface area contributed by atoms with Crippen molar-refractivity contribution in [3.05, 3.63) is 29.8 Å². The maximum absolute atomic E-state index is 12.2. The fourth-order valence-corrected chi connectivity index (χ4v) is 3.99. The zero-order valence-corrected chi connectivity index (χ0v) is 15.1. The van der Waals surface area contributed by atoms with E-state index in [0.29, 0.717) is 5.56 Å². The highest BCUT2D eigenvalue weighted by atomic mass is 32.2. The Morgan fingerprint density at radius 2 is 1.83 bits per heavy atom. The third kappa shape index (κ3) is 4.53. The first-order chi connectivity index (χ1) is 11.1. The molecular formula is C14H20N2O6S2. The molecule has 1 aliphatic rings. The minimum Gasteiger partial charge on any atom is -0.272 e. The molecule has 1 amide bonds. The van der Waals surface area contributed by atoms with Crippen molar-refractivity contribution in [2.75, 3.05) is 38.8 Å². The molecule has 1 aliphatic heterocycles. The fourth-order valence-electron chi connectivity index (χ4n) is 2.11. The van der Waals surface area contributed by atoms with E-state index in [0.717, 1.165) is 9.37 Å². The first-order valence-electron chi connectivity index (χ1n) is 7.27. The van der Waals surface area contributed by atoms with Gasteiger partial charge in [0.1, 0.15) is 0 Å². The summed E-state index contributed by atoms with van der Waals surface area (Å²) in [7, 11) is -3.81. The van der Waals surface area contributed by atoms with Crippen LogP contribution in [0.5, 0.6) is 0 Å². The van der Waals surface area contributed by atoms with Crippen LogP contribution in [0.4, 0.5) is 0 Å². The van der Waals surface area contributed by atoms with Gasteiger partial charge in [-0.2, -0.15) is 0 Å². The van der Waals surface area contributed by atoms with Gasteiger partial charge in [0, 0.05) is 14.1 Å². The highest BCUT2D eigenvalue weighted by Crippen LogP contribution is 2.15. The van der Waals surface area contributed by atoms with E-state index in [1.807, 2.05) is 0 Å². The molecule has 0 atom stereocenters. The molecule has 0 saturated carbocycles. The molecule has 8 nitrogen and oxygen atoms in total. The van der Waals surface area contributed by atoms with Crippen LogP contribution in [0.3, 0.4) is 0 Å². The van der Waals surface area contributed by atoms with E-state index in [1.165, 1.54) is 26.2 Å². The van der Waals surface area contributed by atoms with Gasteiger partial charge in [0.2, 0.25) is 10.0 Å². The Kier molecular flexibility index (Phi) is 5.63. The Hall–Kier alpha value is -1.49. The van der Waals surface area contributed by atoms with Crippen LogP contribution in [0, 0.1) is 0 Å². The molecule has 134 valence electrons. The molecule has 0 aromatic heterocycles. The van der Waals surface area contributed by atoms with Crippen LogP contribution in [0.1, 0.15) is 5.56 Å². The molecule has 1 aromatic carbocycles. The summed E-state index contributed by atoms with van der Waals surface area (Å²) in [5, 5.41) is 1.06. The molecule has 1 saturated heterocycles. The SMILES string of the molecule is CN(C)S(=O)(=O)c1ccc(CC(=O)N2CCS(=O)(=O)CCO2)cc1. The van der Waals surface area contributed by atoms with Gasteiger partial charge in [0.25, 0.3) is 5.91 Å². The predicted octanol–water partition coefficient (Wildman–Crippen LogP) is -0.332. The Bertz CT molecular complexity index is 800. The lowest BCUT2D eigenvalue weighted by molar-refractivity contribution is -0.181. The van der Waals surface area contributed by atoms with Crippen molar-refractivity contribution < 1.29 is 26.5 Å². The molecule has 1 aromatic rings. The zero-order chi connectivity index (χ0) is 18.0. The van der Waals surface area contributed by atoms with Crippen LogP contribution < -0.4 is 0 Å². The Morgan fingerprint density at radius 3 is 2.42 bits per heavy atom. The van der Waals surface area contributed by atoms with Crippen molar-refractivity contribution in [2.45, 2.75) is 11.3 Å². The number of sulfonamides is 1. The summed E-state index contributed by atoms with van der Waals surface area (Å²) in [5.74, 6) is -0.595. The highest BCUT2D eigenvalue weighted by Gasteiger charge is 2.24. The molecule has 0 aliphatic carbocycles. The summed E-state index contributed by atoms with van der Waals surface area (Å²) >= 11 is 0. The average Bonchev–Trinajstić information content (AvgIpc) is 2.68. The summed E-state index contributed by atoms with van der Waals surface area (Å²) in [6.07, 6.45) is 0.00232. The van der Waals surface area contributed by atoms with Crippen molar-refractivity contribution in [2.24, 2.45) is 0 Å². The third-order valence-corrected chi connectivity index (χ3v) is 7.00. The molecule has 0 unspecified atom stereocenters. The van der Waals surface area contributed by atoms with Gasteiger partial charge in [-0.3, -0.25) is 9.63 Å². The summed E-state index contributed by atoms with van der Waals surface area (Å²) in [6.45, 7) is -0.0532. The van der Waals surface area contributed by atoms with Crippen LogP contribution in [0.2, 0.25) is 0 Å². The van der Waals surface area contributed by atoms with E-state index >= 15 is 0 Å². The summed E-state index contributed by atoms with van der Waals surface area (Å²) < 4.78 is 48.1. The number of sulfone groups is 1.